The molecule has 0 radical (unpaired) electrons. The number of benzene rings is 1. The highest BCUT2D eigenvalue weighted by Gasteiger charge is 2.23. The van der Waals surface area contributed by atoms with E-state index in [1.54, 1.807) is 25.1 Å². The molecule has 21 heavy (non-hydrogen) atoms. The zero-order chi connectivity index (χ0) is 15.6. The molecule has 2 rings (SSSR count). The van der Waals surface area contributed by atoms with Crippen molar-refractivity contribution < 1.29 is 8.42 Å². The average molecular weight is 409 g/mol. The van der Waals surface area contributed by atoms with Gasteiger partial charge in [0.15, 0.2) is 0 Å². The molecule has 1 aromatic heterocycles. The number of aryl methyl sites for hydroxylation is 1. The van der Waals surface area contributed by atoms with Crippen LogP contribution in [0, 0.1) is 6.92 Å². The Bertz CT molecular complexity index is 726. The van der Waals surface area contributed by atoms with Crippen LogP contribution in [0.2, 0.25) is 5.02 Å². The second kappa shape index (κ2) is 6.79. The van der Waals surface area contributed by atoms with Crippen molar-refractivity contribution in [3.8, 4) is 0 Å². The molecule has 7 heteroatoms. The summed E-state index contributed by atoms with van der Waals surface area (Å²) in [6, 6.07) is 8.58. The monoisotopic (exact) mass is 407 g/mol. The molecule has 1 aromatic carbocycles. The largest absolute Gasteiger partial charge is 0.242 e. The molecular weight excluding hydrogens is 394 g/mol. The quantitative estimate of drug-likeness (QED) is 0.764. The first-order chi connectivity index (χ1) is 9.83. The van der Waals surface area contributed by atoms with E-state index in [1.807, 2.05) is 19.1 Å². The lowest BCUT2D eigenvalue weighted by molar-refractivity contribution is 0.550. The fourth-order valence-electron chi connectivity index (χ4n) is 2.03. The Balaban J connectivity index is 2.29. The predicted molar refractivity (Wildman–Crippen MR) is 91.6 cm³/mol. The molecule has 3 nitrogen and oxygen atoms in total. The highest BCUT2D eigenvalue weighted by Crippen LogP contribution is 2.31. The fraction of sp³-hybridized carbons (Fsp3) is 0.286. The number of sulfonamides is 1. The van der Waals surface area contributed by atoms with Crippen LogP contribution in [-0.4, -0.2) is 8.42 Å². The smallest absolute Gasteiger partial charge is 0.207 e. The maximum absolute atomic E-state index is 12.5. The normalized spacial score (nSPS) is 13.3. The number of thiophene rings is 1. The molecule has 0 spiro atoms. The van der Waals surface area contributed by atoms with Crippen molar-refractivity contribution in [2.75, 3.05) is 0 Å². The topological polar surface area (TPSA) is 46.2 Å². The highest BCUT2D eigenvalue weighted by atomic mass is 79.9. The molecule has 2 aromatic rings. The Morgan fingerprint density at radius 2 is 1.95 bits per heavy atom. The zero-order valence-corrected chi connectivity index (χ0v) is 15.5. The van der Waals surface area contributed by atoms with Gasteiger partial charge < -0.3 is 0 Å². The van der Waals surface area contributed by atoms with E-state index < -0.39 is 10.0 Å². The standard InChI is InChI=1S/C14H15BrClNO2S2/c1-3-12(10-4-6-11(16)7-5-10)17-21(18,19)13-8-14(15)20-9(13)2/h4-8,12,17H,3H2,1-2H3. The minimum Gasteiger partial charge on any atom is -0.207 e. The molecule has 1 unspecified atom stereocenters. The summed E-state index contributed by atoms with van der Waals surface area (Å²) in [6.07, 6.45) is 0.658. The van der Waals surface area contributed by atoms with Gasteiger partial charge in [0.2, 0.25) is 10.0 Å². The Hall–Kier alpha value is -0.400. The molecule has 0 fully saturated rings. The van der Waals surface area contributed by atoms with Crippen molar-refractivity contribution >= 4 is 48.9 Å². The lowest BCUT2D eigenvalue weighted by atomic mass is 10.1. The van der Waals surface area contributed by atoms with Gasteiger partial charge >= 0.3 is 0 Å². The van der Waals surface area contributed by atoms with E-state index in [2.05, 4.69) is 20.7 Å². The van der Waals surface area contributed by atoms with Crippen LogP contribution in [0.25, 0.3) is 0 Å². The first-order valence-electron chi connectivity index (χ1n) is 6.37. The second-order valence-corrected chi connectivity index (χ2v) is 9.36. The second-order valence-electron chi connectivity index (χ2n) is 4.60. The fourth-order valence-corrected chi connectivity index (χ4v) is 5.88. The summed E-state index contributed by atoms with van der Waals surface area (Å²) >= 11 is 10.6. The van der Waals surface area contributed by atoms with Gasteiger partial charge in [0.25, 0.3) is 0 Å². The van der Waals surface area contributed by atoms with Gasteiger partial charge in [-0.3, -0.25) is 0 Å². The molecule has 0 aliphatic heterocycles. The van der Waals surface area contributed by atoms with Crippen molar-refractivity contribution in [1.29, 1.82) is 0 Å². The van der Waals surface area contributed by atoms with Crippen LogP contribution in [0.5, 0.6) is 0 Å². The van der Waals surface area contributed by atoms with Crippen LogP contribution < -0.4 is 4.72 Å². The third-order valence-electron chi connectivity index (χ3n) is 3.11. The molecule has 0 amide bonds. The van der Waals surface area contributed by atoms with Gasteiger partial charge in [0.05, 0.1) is 8.68 Å². The van der Waals surface area contributed by atoms with Crippen LogP contribution in [0.15, 0.2) is 39.0 Å². The average Bonchev–Trinajstić information content (AvgIpc) is 2.77. The molecular formula is C14H15BrClNO2S2. The molecule has 1 atom stereocenters. The number of nitrogens with one attached hydrogen (secondary N) is 1. The van der Waals surface area contributed by atoms with Gasteiger partial charge in [-0.05, 0) is 53.0 Å². The summed E-state index contributed by atoms with van der Waals surface area (Å²) in [5.74, 6) is 0. The van der Waals surface area contributed by atoms with E-state index in [4.69, 9.17) is 11.6 Å². The zero-order valence-electron chi connectivity index (χ0n) is 11.6. The number of rotatable bonds is 5. The van der Waals surface area contributed by atoms with Gasteiger partial charge in [-0.25, -0.2) is 13.1 Å². The van der Waals surface area contributed by atoms with Crippen LogP contribution in [0.4, 0.5) is 0 Å². The molecule has 0 bridgehead atoms. The Morgan fingerprint density at radius 3 is 2.43 bits per heavy atom. The summed E-state index contributed by atoms with van der Waals surface area (Å²) in [6.45, 7) is 3.74. The van der Waals surface area contributed by atoms with Gasteiger partial charge in [0, 0.05) is 15.9 Å². The van der Waals surface area contributed by atoms with Crippen LogP contribution in [0.1, 0.15) is 29.8 Å². The third-order valence-corrected chi connectivity index (χ3v) is 6.64. The molecule has 1 heterocycles. The Kier molecular flexibility index (Phi) is 5.48. The summed E-state index contributed by atoms with van der Waals surface area (Å²) in [5, 5.41) is 0.633. The first kappa shape index (κ1) is 17.0. The van der Waals surface area contributed by atoms with Crippen molar-refractivity contribution in [2.24, 2.45) is 0 Å². The molecule has 0 saturated heterocycles. The maximum Gasteiger partial charge on any atom is 0.242 e. The Morgan fingerprint density at radius 1 is 1.33 bits per heavy atom. The third kappa shape index (κ3) is 4.07. The summed E-state index contributed by atoms with van der Waals surface area (Å²) in [4.78, 5) is 1.09. The number of hydrogen-bond acceptors (Lipinski definition) is 3. The molecule has 114 valence electrons. The van der Waals surface area contributed by atoms with E-state index in [0.717, 1.165) is 14.2 Å². The summed E-state index contributed by atoms with van der Waals surface area (Å²) < 4.78 is 28.6. The lowest BCUT2D eigenvalue weighted by Crippen LogP contribution is -2.28. The van der Waals surface area contributed by atoms with Crippen LogP contribution >= 0.6 is 38.9 Å². The highest BCUT2D eigenvalue weighted by molar-refractivity contribution is 9.11. The van der Waals surface area contributed by atoms with Crippen LogP contribution in [0.3, 0.4) is 0 Å². The van der Waals surface area contributed by atoms with Gasteiger partial charge in [-0.2, -0.15) is 0 Å². The van der Waals surface area contributed by atoms with E-state index in [0.29, 0.717) is 16.3 Å². The minimum atomic E-state index is -3.54. The van der Waals surface area contributed by atoms with Gasteiger partial charge in [-0.15, -0.1) is 11.3 Å². The summed E-state index contributed by atoms with van der Waals surface area (Å²) in [5.41, 5.74) is 0.900. The number of halogens is 2. The van der Waals surface area contributed by atoms with Crippen molar-refractivity contribution in [2.45, 2.75) is 31.2 Å². The number of hydrogen-bond donors (Lipinski definition) is 1. The molecule has 1 N–H and O–H groups in total. The van der Waals surface area contributed by atoms with E-state index in [-0.39, 0.29) is 6.04 Å². The Labute approximate surface area is 142 Å². The predicted octanol–water partition coefficient (Wildman–Crippen LogP) is 4.90. The molecule has 0 aliphatic rings. The van der Waals surface area contributed by atoms with Crippen LogP contribution in [-0.2, 0) is 10.0 Å². The van der Waals surface area contributed by atoms with E-state index >= 15 is 0 Å². The van der Waals surface area contributed by atoms with Gasteiger partial charge in [0.1, 0.15) is 0 Å². The van der Waals surface area contributed by atoms with Crippen molar-refractivity contribution in [3.63, 3.8) is 0 Å². The van der Waals surface area contributed by atoms with Gasteiger partial charge in [-0.1, -0.05) is 30.7 Å². The first-order valence-corrected chi connectivity index (χ1v) is 9.84. The maximum atomic E-state index is 12.5. The van der Waals surface area contributed by atoms with E-state index in [1.165, 1.54) is 11.3 Å². The SMILES string of the molecule is CCC(NS(=O)(=O)c1cc(Br)sc1C)c1ccc(Cl)cc1. The molecule has 0 aliphatic carbocycles. The minimum absolute atomic E-state index is 0.273. The lowest BCUT2D eigenvalue weighted by Gasteiger charge is -2.17. The van der Waals surface area contributed by atoms with Crippen molar-refractivity contribution in [3.05, 3.63) is 49.6 Å². The van der Waals surface area contributed by atoms with Crippen molar-refractivity contribution in [1.82, 2.24) is 4.72 Å². The molecule has 0 saturated carbocycles. The summed E-state index contributed by atoms with van der Waals surface area (Å²) in [7, 11) is -3.54. The van der Waals surface area contributed by atoms with E-state index in [9.17, 15) is 8.42 Å².